The molecule has 0 radical (unpaired) electrons. The van der Waals surface area contributed by atoms with Crippen LogP contribution in [0.1, 0.15) is 23.5 Å². The van der Waals surface area contributed by atoms with Gasteiger partial charge in [-0.25, -0.2) is 0 Å². The molecule has 0 aliphatic heterocycles. The minimum atomic E-state index is 0.0760. The normalized spacial score (nSPS) is 19.6. The van der Waals surface area contributed by atoms with E-state index in [0.717, 1.165) is 23.4 Å². The zero-order valence-electron chi connectivity index (χ0n) is 12.6. The van der Waals surface area contributed by atoms with Gasteiger partial charge in [0.1, 0.15) is 5.75 Å². The molecule has 1 N–H and O–H groups in total. The molecule has 0 saturated heterocycles. The van der Waals surface area contributed by atoms with Gasteiger partial charge in [-0.05, 0) is 83.3 Å². The Morgan fingerprint density at radius 2 is 1.95 bits per heavy atom. The fourth-order valence-electron chi connectivity index (χ4n) is 2.70. The van der Waals surface area contributed by atoms with Gasteiger partial charge >= 0.3 is 0 Å². The molecular weight excluding hydrogens is 389 g/mol. The predicted octanol–water partition coefficient (Wildman–Crippen LogP) is 4.35. The van der Waals surface area contributed by atoms with Crippen molar-refractivity contribution in [1.82, 2.24) is 0 Å². The van der Waals surface area contributed by atoms with Crippen molar-refractivity contribution >= 4 is 34.2 Å². The van der Waals surface area contributed by atoms with E-state index in [1.54, 1.807) is 7.11 Å². The summed E-state index contributed by atoms with van der Waals surface area (Å²) in [4.78, 5) is 12.4. The maximum Gasteiger partial charge on any atom is 0.228 e. The number of amides is 1. The minimum absolute atomic E-state index is 0.0760. The molecule has 2 aromatic rings. The minimum Gasteiger partial charge on any atom is -0.497 e. The molecule has 114 valence electrons. The Hall–Kier alpha value is -1.56. The number of hydrogen-bond acceptors (Lipinski definition) is 2. The van der Waals surface area contributed by atoms with Crippen molar-refractivity contribution in [1.29, 1.82) is 0 Å². The highest BCUT2D eigenvalue weighted by atomic mass is 127. The summed E-state index contributed by atoms with van der Waals surface area (Å²) in [7, 11) is 1.66. The van der Waals surface area contributed by atoms with E-state index in [4.69, 9.17) is 4.74 Å². The molecule has 1 saturated carbocycles. The van der Waals surface area contributed by atoms with Crippen LogP contribution in [0.3, 0.4) is 0 Å². The van der Waals surface area contributed by atoms with Crippen LogP contribution in [-0.4, -0.2) is 13.0 Å². The largest absolute Gasteiger partial charge is 0.497 e. The summed E-state index contributed by atoms with van der Waals surface area (Å²) in [5.74, 6) is 1.37. The van der Waals surface area contributed by atoms with Gasteiger partial charge < -0.3 is 10.1 Å². The Labute approximate surface area is 144 Å². The summed E-state index contributed by atoms with van der Waals surface area (Å²) in [6, 6.07) is 14.1. The molecular formula is C18H18INO2. The summed E-state index contributed by atoms with van der Waals surface area (Å²) in [5.41, 5.74) is 3.22. The molecule has 1 amide bonds. The van der Waals surface area contributed by atoms with Crippen molar-refractivity contribution in [3.8, 4) is 5.75 Å². The summed E-state index contributed by atoms with van der Waals surface area (Å²) >= 11 is 2.28. The Morgan fingerprint density at radius 1 is 1.23 bits per heavy atom. The second kappa shape index (κ2) is 6.28. The van der Waals surface area contributed by atoms with Gasteiger partial charge in [-0.1, -0.05) is 12.1 Å². The second-order valence-electron chi connectivity index (χ2n) is 5.67. The fraction of sp³-hybridized carbons (Fsp3) is 0.278. The number of halogens is 1. The summed E-state index contributed by atoms with van der Waals surface area (Å²) < 4.78 is 6.34. The summed E-state index contributed by atoms with van der Waals surface area (Å²) in [6.07, 6.45) is 0.918. The van der Waals surface area contributed by atoms with Gasteiger partial charge in [0.25, 0.3) is 0 Å². The zero-order valence-corrected chi connectivity index (χ0v) is 14.8. The maximum atomic E-state index is 12.4. The number of carbonyl (C=O) groups is 1. The number of methoxy groups -OCH3 is 1. The number of ether oxygens (including phenoxy) is 1. The highest BCUT2D eigenvalue weighted by Gasteiger charge is 2.43. The van der Waals surface area contributed by atoms with Crippen molar-refractivity contribution in [3.05, 3.63) is 57.2 Å². The molecule has 2 unspecified atom stereocenters. The van der Waals surface area contributed by atoms with E-state index in [1.165, 1.54) is 9.13 Å². The lowest BCUT2D eigenvalue weighted by Gasteiger charge is -2.09. The van der Waals surface area contributed by atoms with Gasteiger partial charge in [0.2, 0.25) is 5.91 Å². The lowest BCUT2D eigenvalue weighted by Crippen LogP contribution is -2.15. The molecule has 2 aromatic carbocycles. The van der Waals surface area contributed by atoms with Crippen LogP contribution >= 0.6 is 22.6 Å². The average molecular weight is 407 g/mol. The highest BCUT2D eigenvalue weighted by Crippen LogP contribution is 2.48. The molecule has 1 fully saturated rings. The molecule has 2 atom stereocenters. The first-order valence-electron chi connectivity index (χ1n) is 7.29. The van der Waals surface area contributed by atoms with Crippen molar-refractivity contribution in [2.75, 3.05) is 12.4 Å². The van der Waals surface area contributed by atoms with E-state index in [0.29, 0.717) is 5.92 Å². The number of aryl methyl sites for hydroxylation is 1. The van der Waals surface area contributed by atoms with Crippen molar-refractivity contribution in [2.24, 2.45) is 5.92 Å². The van der Waals surface area contributed by atoms with Gasteiger partial charge in [0.15, 0.2) is 0 Å². The molecule has 0 aromatic heterocycles. The third kappa shape index (κ3) is 3.27. The smallest absolute Gasteiger partial charge is 0.228 e. The van der Waals surface area contributed by atoms with E-state index in [1.807, 2.05) is 43.3 Å². The van der Waals surface area contributed by atoms with Gasteiger partial charge in [-0.15, -0.1) is 0 Å². The van der Waals surface area contributed by atoms with Crippen LogP contribution in [0, 0.1) is 16.4 Å². The molecule has 3 nitrogen and oxygen atoms in total. The van der Waals surface area contributed by atoms with Gasteiger partial charge in [-0.3, -0.25) is 4.79 Å². The first-order valence-corrected chi connectivity index (χ1v) is 8.37. The lowest BCUT2D eigenvalue weighted by atomic mass is 10.1. The molecule has 22 heavy (non-hydrogen) atoms. The second-order valence-corrected chi connectivity index (χ2v) is 6.92. The fourth-order valence-corrected chi connectivity index (χ4v) is 3.34. The first-order chi connectivity index (χ1) is 10.6. The van der Waals surface area contributed by atoms with Gasteiger partial charge in [0.05, 0.1) is 7.11 Å². The standard InChI is InChI=1S/C18H18INO2/c1-11-9-13(19)5-8-17(11)20-18(21)16-10-15(16)12-3-6-14(22-2)7-4-12/h3-9,15-16H,10H2,1-2H3,(H,20,21). The Bertz CT molecular complexity index is 697. The van der Waals surface area contributed by atoms with E-state index in [9.17, 15) is 4.79 Å². The lowest BCUT2D eigenvalue weighted by molar-refractivity contribution is -0.117. The molecule has 1 aliphatic carbocycles. The van der Waals surface area contributed by atoms with Crippen molar-refractivity contribution in [3.63, 3.8) is 0 Å². The monoisotopic (exact) mass is 407 g/mol. The molecule has 0 heterocycles. The Balaban J connectivity index is 1.64. The van der Waals surface area contributed by atoms with Crippen molar-refractivity contribution in [2.45, 2.75) is 19.3 Å². The van der Waals surface area contributed by atoms with E-state index < -0.39 is 0 Å². The molecule has 3 rings (SSSR count). The van der Waals surface area contributed by atoms with E-state index in [-0.39, 0.29) is 11.8 Å². The van der Waals surface area contributed by atoms with E-state index >= 15 is 0 Å². The van der Waals surface area contributed by atoms with Crippen LogP contribution in [0.4, 0.5) is 5.69 Å². The van der Waals surface area contributed by atoms with Gasteiger partial charge in [0, 0.05) is 15.2 Å². The molecule has 1 aliphatic rings. The maximum absolute atomic E-state index is 12.4. The molecule has 0 spiro atoms. The van der Waals surface area contributed by atoms with Crippen LogP contribution < -0.4 is 10.1 Å². The van der Waals surface area contributed by atoms with Gasteiger partial charge in [-0.2, -0.15) is 0 Å². The predicted molar refractivity (Wildman–Crippen MR) is 96.4 cm³/mol. The quantitative estimate of drug-likeness (QED) is 0.766. The average Bonchev–Trinajstić information content (AvgIpc) is 3.31. The number of anilines is 1. The third-order valence-corrected chi connectivity index (χ3v) is 4.79. The van der Waals surface area contributed by atoms with Crippen LogP contribution in [-0.2, 0) is 4.79 Å². The first kappa shape index (κ1) is 15.3. The summed E-state index contributed by atoms with van der Waals surface area (Å²) in [5, 5.41) is 3.05. The van der Waals surface area contributed by atoms with Crippen LogP contribution in [0.15, 0.2) is 42.5 Å². The SMILES string of the molecule is COc1ccc(C2CC2C(=O)Nc2ccc(I)cc2C)cc1. The van der Waals surface area contributed by atoms with Crippen LogP contribution in [0.2, 0.25) is 0 Å². The highest BCUT2D eigenvalue weighted by molar-refractivity contribution is 14.1. The number of rotatable bonds is 4. The number of hydrogen-bond donors (Lipinski definition) is 1. The van der Waals surface area contributed by atoms with E-state index in [2.05, 4.69) is 34.0 Å². The number of carbonyl (C=O) groups excluding carboxylic acids is 1. The molecule has 4 heteroatoms. The van der Waals surface area contributed by atoms with Crippen LogP contribution in [0.25, 0.3) is 0 Å². The third-order valence-electron chi connectivity index (χ3n) is 4.12. The topological polar surface area (TPSA) is 38.3 Å². The number of nitrogens with one attached hydrogen (secondary N) is 1. The summed E-state index contributed by atoms with van der Waals surface area (Å²) in [6.45, 7) is 2.02. The molecule has 0 bridgehead atoms. The van der Waals surface area contributed by atoms with Crippen molar-refractivity contribution < 1.29 is 9.53 Å². The zero-order chi connectivity index (χ0) is 15.7. The number of benzene rings is 2. The Kier molecular flexibility index (Phi) is 4.38. The van der Waals surface area contributed by atoms with Crippen LogP contribution in [0.5, 0.6) is 5.75 Å². The Morgan fingerprint density at radius 3 is 2.59 bits per heavy atom.